The minimum atomic E-state index is 0.357. The topological polar surface area (TPSA) is 15.3 Å². The van der Waals surface area contributed by atoms with Crippen molar-refractivity contribution >= 4 is 0 Å². The van der Waals surface area contributed by atoms with E-state index in [-0.39, 0.29) is 0 Å². The van der Waals surface area contributed by atoms with E-state index in [1.54, 1.807) is 0 Å². The number of hydrogen-bond donors (Lipinski definition) is 1. The standard InChI is InChI=1S/C17H30N2/c1-14(12-19(6)13-17(2,3)4)16(18-5)15-10-8-7-9-11-15/h7-11,14,16,18H,12-13H2,1-6H3. The van der Waals surface area contributed by atoms with Crippen LogP contribution in [0.1, 0.15) is 39.3 Å². The minimum absolute atomic E-state index is 0.357. The Bertz CT molecular complexity index is 353. The molecule has 0 aromatic heterocycles. The fourth-order valence-corrected chi connectivity index (χ4v) is 2.91. The van der Waals surface area contributed by atoms with Crippen LogP contribution in [0.25, 0.3) is 0 Å². The van der Waals surface area contributed by atoms with Crippen molar-refractivity contribution in [3.8, 4) is 0 Å². The van der Waals surface area contributed by atoms with Crippen LogP contribution in [0.3, 0.4) is 0 Å². The molecule has 0 fully saturated rings. The molecule has 0 radical (unpaired) electrons. The summed E-state index contributed by atoms with van der Waals surface area (Å²) in [5, 5.41) is 3.46. The fourth-order valence-electron chi connectivity index (χ4n) is 2.91. The average Bonchev–Trinajstić information content (AvgIpc) is 2.28. The first-order valence-electron chi connectivity index (χ1n) is 7.24. The molecule has 1 aromatic carbocycles. The summed E-state index contributed by atoms with van der Waals surface area (Å²) >= 11 is 0. The van der Waals surface area contributed by atoms with Gasteiger partial charge in [0.25, 0.3) is 0 Å². The first-order valence-corrected chi connectivity index (χ1v) is 7.24. The van der Waals surface area contributed by atoms with Crippen LogP contribution in [0.4, 0.5) is 0 Å². The van der Waals surface area contributed by atoms with Crippen molar-refractivity contribution in [1.82, 2.24) is 10.2 Å². The summed E-state index contributed by atoms with van der Waals surface area (Å²) in [6.07, 6.45) is 0. The SMILES string of the molecule is CNC(c1ccccc1)C(C)CN(C)CC(C)(C)C. The number of benzene rings is 1. The highest BCUT2D eigenvalue weighted by Crippen LogP contribution is 2.23. The van der Waals surface area contributed by atoms with E-state index in [1.165, 1.54) is 5.56 Å². The lowest BCUT2D eigenvalue weighted by Gasteiger charge is -2.32. The smallest absolute Gasteiger partial charge is 0.0355 e. The Morgan fingerprint density at radius 2 is 1.74 bits per heavy atom. The highest BCUT2D eigenvalue weighted by Gasteiger charge is 2.21. The van der Waals surface area contributed by atoms with Crippen molar-refractivity contribution in [2.24, 2.45) is 11.3 Å². The molecule has 0 spiro atoms. The van der Waals surface area contributed by atoms with Gasteiger partial charge in [0.15, 0.2) is 0 Å². The first kappa shape index (κ1) is 16.2. The zero-order valence-corrected chi connectivity index (χ0v) is 13.4. The van der Waals surface area contributed by atoms with Gasteiger partial charge in [0.05, 0.1) is 0 Å². The third-order valence-electron chi connectivity index (χ3n) is 3.38. The predicted octanol–water partition coefficient (Wildman–Crippen LogP) is 3.56. The number of rotatable bonds is 6. The normalized spacial score (nSPS) is 15.5. The summed E-state index contributed by atoms with van der Waals surface area (Å²) in [5.41, 5.74) is 1.73. The Kier molecular flexibility index (Phi) is 6.02. The number of hydrogen-bond acceptors (Lipinski definition) is 2. The van der Waals surface area contributed by atoms with E-state index in [0.29, 0.717) is 17.4 Å². The number of nitrogens with one attached hydrogen (secondary N) is 1. The van der Waals surface area contributed by atoms with E-state index >= 15 is 0 Å². The lowest BCUT2D eigenvalue weighted by Crippen LogP contribution is -2.36. The molecule has 2 heteroatoms. The van der Waals surface area contributed by atoms with E-state index in [2.05, 4.69) is 82.3 Å². The van der Waals surface area contributed by atoms with Gasteiger partial charge in [0, 0.05) is 19.1 Å². The molecule has 0 saturated carbocycles. The molecule has 108 valence electrons. The summed E-state index contributed by atoms with van der Waals surface area (Å²) in [5.74, 6) is 0.583. The van der Waals surface area contributed by atoms with Gasteiger partial charge >= 0.3 is 0 Å². The Labute approximate surface area is 119 Å². The van der Waals surface area contributed by atoms with Gasteiger partial charge in [0.1, 0.15) is 0 Å². The van der Waals surface area contributed by atoms with E-state index in [4.69, 9.17) is 0 Å². The molecular formula is C17H30N2. The quantitative estimate of drug-likeness (QED) is 0.843. The third kappa shape index (κ3) is 5.75. The molecule has 0 heterocycles. The zero-order chi connectivity index (χ0) is 14.5. The van der Waals surface area contributed by atoms with E-state index in [0.717, 1.165) is 13.1 Å². The van der Waals surface area contributed by atoms with E-state index in [9.17, 15) is 0 Å². The van der Waals surface area contributed by atoms with Crippen molar-refractivity contribution in [1.29, 1.82) is 0 Å². The van der Waals surface area contributed by atoms with Crippen LogP contribution in [-0.4, -0.2) is 32.1 Å². The number of nitrogens with zero attached hydrogens (tertiary/aromatic N) is 1. The first-order chi connectivity index (χ1) is 8.83. The van der Waals surface area contributed by atoms with Gasteiger partial charge in [-0.05, 0) is 31.0 Å². The van der Waals surface area contributed by atoms with Crippen LogP contribution >= 0.6 is 0 Å². The highest BCUT2D eigenvalue weighted by atomic mass is 15.1. The summed E-state index contributed by atoms with van der Waals surface area (Å²) < 4.78 is 0. The second-order valence-electron chi connectivity index (χ2n) is 6.91. The minimum Gasteiger partial charge on any atom is -0.313 e. The van der Waals surface area contributed by atoms with Gasteiger partial charge in [-0.15, -0.1) is 0 Å². The van der Waals surface area contributed by atoms with Crippen LogP contribution in [0.5, 0.6) is 0 Å². The second kappa shape index (κ2) is 7.06. The van der Waals surface area contributed by atoms with E-state index in [1.807, 2.05) is 0 Å². The Morgan fingerprint density at radius 3 is 2.21 bits per heavy atom. The van der Waals surface area contributed by atoms with Crippen molar-refractivity contribution in [2.75, 3.05) is 27.2 Å². The summed E-state index contributed by atoms with van der Waals surface area (Å²) in [7, 11) is 4.28. The molecular weight excluding hydrogens is 232 g/mol. The molecule has 2 atom stereocenters. The fraction of sp³-hybridized carbons (Fsp3) is 0.647. The molecule has 19 heavy (non-hydrogen) atoms. The Balaban J connectivity index is 2.62. The summed E-state index contributed by atoms with van der Waals surface area (Å²) in [6, 6.07) is 11.1. The third-order valence-corrected chi connectivity index (χ3v) is 3.38. The van der Waals surface area contributed by atoms with Crippen LogP contribution in [0.15, 0.2) is 30.3 Å². The predicted molar refractivity (Wildman–Crippen MR) is 84.4 cm³/mol. The van der Waals surface area contributed by atoms with Gasteiger partial charge in [0.2, 0.25) is 0 Å². The second-order valence-corrected chi connectivity index (χ2v) is 6.91. The van der Waals surface area contributed by atoms with E-state index < -0.39 is 0 Å². The molecule has 0 bridgehead atoms. The molecule has 0 saturated heterocycles. The van der Waals surface area contributed by atoms with Crippen LogP contribution in [0.2, 0.25) is 0 Å². The molecule has 0 amide bonds. The zero-order valence-electron chi connectivity index (χ0n) is 13.4. The molecule has 1 rings (SSSR count). The molecule has 2 unspecified atom stereocenters. The summed E-state index contributed by atoms with van der Waals surface area (Å²) in [6.45, 7) is 11.4. The van der Waals surface area contributed by atoms with Crippen molar-refractivity contribution in [2.45, 2.75) is 33.7 Å². The lowest BCUT2D eigenvalue weighted by molar-refractivity contribution is 0.189. The molecule has 0 aliphatic heterocycles. The monoisotopic (exact) mass is 262 g/mol. The van der Waals surface area contributed by atoms with Crippen LogP contribution in [0, 0.1) is 11.3 Å². The largest absolute Gasteiger partial charge is 0.313 e. The molecule has 2 nitrogen and oxygen atoms in total. The highest BCUT2D eigenvalue weighted by molar-refractivity contribution is 5.19. The van der Waals surface area contributed by atoms with Crippen LogP contribution < -0.4 is 5.32 Å². The molecule has 1 N–H and O–H groups in total. The maximum atomic E-state index is 3.46. The molecule has 0 aliphatic rings. The lowest BCUT2D eigenvalue weighted by atomic mass is 9.92. The van der Waals surface area contributed by atoms with Gasteiger partial charge in [-0.3, -0.25) is 0 Å². The Hall–Kier alpha value is -0.860. The Morgan fingerprint density at radius 1 is 1.16 bits per heavy atom. The summed E-state index contributed by atoms with van der Waals surface area (Å²) in [4.78, 5) is 2.44. The maximum Gasteiger partial charge on any atom is 0.0355 e. The van der Waals surface area contributed by atoms with Gasteiger partial charge in [-0.1, -0.05) is 58.0 Å². The van der Waals surface area contributed by atoms with Gasteiger partial charge in [-0.2, -0.15) is 0 Å². The van der Waals surface area contributed by atoms with Gasteiger partial charge < -0.3 is 10.2 Å². The van der Waals surface area contributed by atoms with Gasteiger partial charge in [-0.25, -0.2) is 0 Å². The molecule has 1 aromatic rings. The van der Waals surface area contributed by atoms with Crippen molar-refractivity contribution in [3.63, 3.8) is 0 Å². The maximum absolute atomic E-state index is 3.46. The van der Waals surface area contributed by atoms with Crippen molar-refractivity contribution < 1.29 is 0 Å². The van der Waals surface area contributed by atoms with Crippen LogP contribution in [-0.2, 0) is 0 Å². The molecule has 0 aliphatic carbocycles. The average molecular weight is 262 g/mol. The van der Waals surface area contributed by atoms with Crippen molar-refractivity contribution in [3.05, 3.63) is 35.9 Å².